The van der Waals surface area contributed by atoms with Crippen LogP contribution in [0.2, 0.25) is 0 Å². The molecule has 0 radical (unpaired) electrons. The first-order valence-electron chi connectivity index (χ1n) is 7.61. The van der Waals surface area contributed by atoms with Gasteiger partial charge in [0.15, 0.2) is 0 Å². The molecular weight excluding hydrogens is 256 g/mol. The van der Waals surface area contributed by atoms with E-state index in [1.165, 1.54) is 25.7 Å². The molecule has 1 N–H and O–H groups in total. The molecule has 2 rings (SSSR count). The topological polar surface area (TPSA) is 52.9 Å². The van der Waals surface area contributed by atoms with Crippen LogP contribution >= 0.6 is 11.8 Å². The molecule has 1 heterocycles. The summed E-state index contributed by atoms with van der Waals surface area (Å²) in [5.74, 6) is 1.18. The smallest absolute Gasteiger partial charge is 0.234 e. The highest BCUT2D eigenvalue weighted by Crippen LogP contribution is 2.29. The van der Waals surface area contributed by atoms with Crippen molar-refractivity contribution in [1.82, 2.24) is 5.32 Å². The number of thioether (sulfide) groups is 1. The maximum Gasteiger partial charge on any atom is 0.234 e. The van der Waals surface area contributed by atoms with Crippen LogP contribution in [0.3, 0.4) is 0 Å². The molecule has 1 saturated heterocycles. The fourth-order valence-corrected chi connectivity index (χ4v) is 4.24. The summed E-state index contributed by atoms with van der Waals surface area (Å²) in [4.78, 5) is 12.3. The quantitative estimate of drug-likeness (QED) is 0.843. The fraction of sp³-hybridized carbons (Fsp3) is 0.867. The van der Waals surface area contributed by atoms with Crippen molar-refractivity contribution in [2.24, 2.45) is 0 Å². The molecule has 106 valence electrons. The van der Waals surface area contributed by atoms with E-state index in [0.717, 1.165) is 44.3 Å². The molecule has 1 amide bonds. The zero-order valence-corrected chi connectivity index (χ0v) is 12.4. The predicted molar refractivity (Wildman–Crippen MR) is 78.9 cm³/mol. The molecule has 1 atom stereocenters. The third-order valence-electron chi connectivity index (χ3n) is 4.26. The first-order valence-corrected chi connectivity index (χ1v) is 8.65. The summed E-state index contributed by atoms with van der Waals surface area (Å²) in [6, 6.07) is 2.41. The molecule has 1 aliphatic heterocycles. The van der Waals surface area contributed by atoms with Gasteiger partial charge < -0.3 is 5.32 Å². The fourth-order valence-electron chi connectivity index (χ4n) is 3.04. The minimum atomic E-state index is -0.588. The van der Waals surface area contributed by atoms with Crippen LogP contribution in [0.1, 0.15) is 64.2 Å². The van der Waals surface area contributed by atoms with Gasteiger partial charge in [-0.1, -0.05) is 38.5 Å². The van der Waals surface area contributed by atoms with Crippen LogP contribution in [-0.2, 0) is 4.79 Å². The molecule has 0 aromatic heterocycles. The number of nitrogens with zero attached hydrogens (tertiary/aromatic N) is 1. The molecule has 1 aliphatic carbocycles. The second-order valence-electron chi connectivity index (χ2n) is 5.81. The molecule has 19 heavy (non-hydrogen) atoms. The van der Waals surface area contributed by atoms with Crippen LogP contribution in [0.15, 0.2) is 0 Å². The van der Waals surface area contributed by atoms with Crippen molar-refractivity contribution in [1.29, 1.82) is 5.26 Å². The first kappa shape index (κ1) is 14.7. The molecule has 1 unspecified atom stereocenters. The second kappa shape index (κ2) is 7.19. The molecule has 3 nitrogen and oxygen atoms in total. The Balaban J connectivity index is 1.95. The van der Waals surface area contributed by atoms with Crippen LogP contribution in [0.5, 0.6) is 0 Å². The number of hydrogen-bond acceptors (Lipinski definition) is 3. The van der Waals surface area contributed by atoms with E-state index in [-0.39, 0.29) is 11.2 Å². The largest absolute Gasteiger partial charge is 0.337 e. The van der Waals surface area contributed by atoms with Gasteiger partial charge in [0, 0.05) is 0 Å². The van der Waals surface area contributed by atoms with Gasteiger partial charge in [-0.2, -0.15) is 5.26 Å². The molecule has 0 aromatic carbocycles. The Morgan fingerprint density at radius 1 is 1.11 bits per heavy atom. The van der Waals surface area contributed by atoms with E-state index in [1.807, 2.05) is 0 Å². The monoisotopic (exact) mass is 280 g/mol. The number of carbonyl (C=O) groups is 1. The third kappa shape index (κ3) is 4.14. The molecule has 2 aliphatic rings. The Hall–Kier alpha value is -0.690. The van der Waals surface area contributed by atoms with Gasteiger partial charge in [0.25, 0.3) is 0 Å². The van der Waals surface area contributed by atoms with Crippen molar-refractivity contribution >= 4 is 17.7 Å². The Labute approximate surface area is 120 Å². The van der Waals surface area contributed by atoms with Gasteiger partial charge in [0.2, 0.25) is 5.91 Å². The minimum absolute atomic E-state index is 0.0735. The Morgan fingerprint density at radius 2 is 1.79 bits per heavy atom. The maximum atomic E-state index is 12.3. The molecule has 0 spiro atoms. The summed E-state index contributed by atoms with van der Waals surface area (Å²) in [5.41, 5.74) is -0.588. The maximum absolute atomic E-state index is 12.3. The third-order valence-corrected chi connectivity index (χ3v) is 5.63. The lowest BCUT2D eigenvalue weighted by atomic mass is 9.85. The number of nitriles is 1. The Kier molecular flexibility index (Phi) is 5.57. The summed E-state index contributed by atoms with van der Waals surface area (Å²) in [5, 5.41) is 12.7. The average molecular weight is 280 g/mol. The molecule has 0 bridgehead atoms. The highest BCUT2D eigenvalue weighted by atomic mass is 32.2. The zero-order valence-electron chi connectivity index (χ0n) is 11.6. The summed E-state index contributed by atoms with van der Waals surface area (Å²) in [6.07, 6.45) is 10.8. The summed E-state index contributed by atoms with van der Waals surface area (Å²) < 4.78 is 0. The first-order chi connectivity index (χ1) is 9.26. The van der Waals surface area contributed by atoms with E-state index in [9.17, 15) is 10.1 Å². The van der Waals surface area contributed by atoms with E-state index < -0.39 is 5.54 Å². The zero-order chi connectivity index (χ0) is 13.6. The van der Waals surface area contributed by atoms with Crippen LogP contribution in [-0.4, -0.2) is 22.4 Å². The normalized spacial score (nSPS) is 27.6. The Bertz CT molecular complexity index is 337. The molecule has 1 saturated carbocycles. The number of hydrogen-bond donors (Lipinski definition) is 1. The van der Waals surface area contributed by atoms with Crippen molar-refractivity contribution in [3.8, 4) is 6.07 Å². The lowest BCUT2D eigenvalue weighted by molar-refractivity contribution is -0.122. The molecular formula is C15H24N2OS. The summed E-state index contributed by atoms with van der Waals surface area (Å²) >= 11 is 1.76. The number of carbonyl (C=O) groups excluding carboxylic acids is 1. The lowest BCUT2D eigenvalue weighted by Gasteiger charge is -2.32. The SMILES string of the molecule is N#CC1(NC(=O)C2CCCCS2)CCCCCCC1. The van der Waals surface area contributed by atoms with E-state index in [1.54, 1.807) is 11.8 Å². The predicted octanol–water partition coefficient (Wildman–Crippen LogP) is 3.39. The standard InChI is InChI=1S/C15H24N2OS/c16-12-15(9-5-2-1-3-6-10-15)17-14(18)13-8-4-7-11-19-13/h13H,1-11H2,(H,17,18). The highest BCUT2D eigenvalue weighted by molar-refractivity contribution is 8.00. The molecule has 4 heteroatoms. The van der Waals surface area contributed by atoms with Gasteiger partial charge in [-0.05, 0) is 31.4 Å². The van der Waals surface area contributed by atoms with Crippen LogP contribution in [0.25, 0.3) is 0 Å². The van der Waals surface area contributed by atoms with Gasteiger partial charge in [0.05, 0.1) is 11.3 Å². The lowest BCUT2D eigenvalue weighted by Crippen LogP contribution is -2.51. The van der Waals surface area contributed by atoms with E-state index >= 15 is 0 Å². The van der Waals surface area contributed by atoms with Crippen LogP contribution in [0, 0.1) is 11.3 Å². The van der Waals surface area contributed by atoms with Gasteiger partial charge in [-0.25, -0.2) is 0 Å². The number of amides is 1. The molecule has 0 aromatic rings. The number of rotatable bonds is 2. The van der Waals surface area contributed by atoms with Gasteiger partial charge in [0.1, 0.15) is 5.54 Å². The summed E-state index contributed by atoms with van der Waals surface area (Å²) in [6.45, 7) is 0. The van der Waals surface area contributed by atoms with Crippen molar-refractivity contribution < 1.29 is 4.79 Å². The van der Waals surface area contributed by atoms with Crippen molar-refractivity contribution in [3.05, 3.63) is 0 Å². The van der Waals surface area contributed by atoms with Gasteiger partial charge in [-0.3, -0.25) is 4.79 Å². The van der Waals surface area contributed by atoms with E-state index in [0.29, 0.717) is 0 Å². The minimum Gasteiger partial charge on any atom is -0.337 e. The van der Waals surface area contributed by atoms with E-state index in [2.05, 4.69) is 11.4 Å². The van der Waals surface area contributed by atoms with Crippen molar-refractivity contribution in [2.45, 2.75) is 75.0 Å². The van der Waals surface area contributed by atoms with Gasteiger partial charge >= 0.3 is 0 Å². The molecule has 2 fully saturated rings. The van der Waals surface area contributed by atoms with Crippen LogP contribution in [0.4, 0.5) is 0 Å². The summed E-state index contributed by atoms with van der Waals surface area (Å²) in [7, 11) is 0. The second-order valence-corrected chi connectivity index (χ2v) is 7.12. The van der Waals surface area contributed by atoms with Crippen LogP contribution < -0.4 is 5.32 Å². The number of nitrogens with one attached hydrogen (secondary N) is 1. The highest BCUT2D eigenvalue weighted by Gasteiger charge is 2.34. The average Bonchev–Trinajstić information content (AvgIpc) is 2.43. The Morgan fingerprint density at radius 3 is 2.37 bits per heavy atom. The van der Waals surface area contributed by atoms with E-state index in [4.69, 9.17) is 0 Å². The van der Waals surface area contributed by atoms with Crippen molar-refractivity contribution in [3.63, 3.8) is 0 Å². The van der Waals surface area contributed by atoms with Gasteiger partial charge in [-0.15, -0.1) is 11.8 Å². The van der Waals surface area contributed by atoms with Crippen molar-refractivity contribution in [2.75, 3.05) is 5.75 Å².